The first kappa shape index (κ1) is 16.7. The second-order valence-corrected chi connectivity index (χ2v) is 8.20. The molecule has 2 fully saturated rings. The maximum absolute atomic E-state index is 12.5. The summed E-state index contributed by atoms with van der Waals surface area (Å²) >= 11 is 1.67. The number of carbonyl (C=O) groups excluding carboxylic acids is 1. The quantitative estimate of drug-likeness (QED) is 0.723. The van der Waals surface area contributed by atoms with Crippen molar-refractivity contribution in [3.8, 4) is 0 Å². The van der Waals surface area contributed by atoms with Crippen LogP contribution >= 0.6 is 11.3 Å². The van der Waals surface area contributed by atoms with E-state index in [0.29, 0.717) is 5.92 Å². The molecule has 0 saturated heterocycles. The summed E-state index contributed by atoms with van der Waals surface area (Å²) in [6.45, 7) is 2.20. The van der Waals surface area contributed by atoms with Crippen molar-refractivity contribution in [3.05, 3.63) is 16.1 Å². The average molecular weight is 337 g/mol. The van der Waals surface area contributed by atoms with Crippen LogP contribution in [-0.4, -0.2) is 28.8 Å². The number of rotatable bonds is 5. The largest absolute Gasteiger partial charge is 0.396 e. The summed E-state index contributed by atoms with van der Waals surface area (Å²) < 4.78 is 0. The molecule has 23 heavy (non-hydrogen) atoms. The molecule has 128 valence electrons. The number of nitrogens with one attached hydrogen (secondary N) is 2. The molecular formula is C17H27N3O2S. The van der Waals surface area contributed by atoms with Crippen LogP contribution in [0.15, 0.2) is 6.20 Å². The number of carbonyl (C=O) groups is 1. The fraction of sp³-hybridized carbons (Fsp3) is 0.765. The van der Waals surface area contributed by atoms with E-state index in [0.717, 1.165) is 43.5 Å². The first-order valence-electron chi connectivity index (χ1n) is 8.77. The minimum absolute atomic E-state index is 0.0343. The fourth-order valence-electron chi connectivity index (χ4n) is 3.47. The summed E-state index contributed by atoms with van der Waals surface area (Å²) in [5.74, 6) is 0.707. The molecule has 3 rings (SSSR count). The lowest BCUT2D eigenvalue weighted by Crippen LogP contribution is -2.47. The molecule has 1 heterocycles. The minimum Gasteiger partial charge on any atom is -0.396 e. The topological polar surface area (TPSA) is 74.2 Å². The van der Waals surface area contributed by atoms with Crippen molar-refractivity contribution in [1.82, 2.24) is 15.6 Å². The summed E-state index contributed by atoms with van der Waals surface area (Å²) in [6.07, 6.45) is 9.62. The molecule has 0 aromatic carbocycles. The number of aliphatic hydroxyl groups excluding tert-OH is 1. The van der Waals surface area contributed by atoms with Crippen molar-refractivity contribution in [2.75, 3.05) is 6.61 Å². The highest BCUT2D eigenvalue weighted by molar-refractivity contribution is 7.11. The van der Waals surface area contributed by atoms with Gasteiger partial charge in [0.1, 0.15) is 5.01 Å². The van der Waals surface area contributed by atoms with Crippen molar-refractivity contribution in [3.63, 3.8) is 0 Å². The van der Waals surface area contributed by atoms with Crippen molar-refractivity contribution in [2.24, 2.45) is 11.8 Å². The normalized spacial score (nSPS) is 26.3. The van der Waals surface area contributed by atoms with Gasteiger partial charge in [0.25, 0.3) is 0 Å². The van der Waals surface area contributed by atoms with Gasteiger partial charge >= 0.3 is 6.03 Å². The lowest BCUT2D eigenvalue weighted by atomic mass is 9.96. The number of amides is 2. The molecule has 2 amide bonds. The van der Waals surface area contributed by atoms with Crippen LogP contribution < -0.4 is 10.6 Å². The molecule has 1 aromatic rings. The molecule has 0 spiro atoms. The number of nitrogens with zero attached hydrogens (tertiary/aromatic N) is 1. The van der Waals surface area contributed by atoms with Gasteiger partial charge in [0, 0.05) is 29.6 Å². The fourth-order valence-corrected chi connectivity index (χ4v) is 4.39. The molecule has 0 radical (unpaired) electrons. The van der Waals surface area contributed by atoms with Crippen LogP contribution in [0.1, 0.15) is 60.9 Å². The van der Waals surface area contributed by atoms with Crippen molar-refractivity contribution in [1.29, 1.82) is 0 Å². The van der Waals surface area contributed by atoms with Crippen LogP contribution in [-0.2, 0) is 0 Å². The molecule has 5 nitrogen and oxygen atoms in total. The molecule has 3 N–H and O–H groups in total. The molecule has 2 saturated carbocycles. The van der Waals surface area contributed by atoms with Crippen molar-refractivity contribution < 1.29 is 9.90 Å². The summed E-state index contributed by atoms with van der Waals surface area (Å²) in [4.78, 5) is 18.1. The van der Waals surface area contributed by atoms with Crippen LogP contribution in [0.5, 0.6) is 0 Å². The van der Waals surface area contributed by atoms with Crippen molar-refractivity contribution >= 4 is 17.4 Å². The predicted octanol–water partition coefficient (Wildman–Crippen LogP) is 3.14. The van der Waals surface area contributed by atoms with Gasteiger partial charge in [0.05, 0.1) is 6.04 Å². The number of thiazole rings is 1. The highest BCUT2D eigenvalue weighted by atomic mass is 32.1. The molecule has 6 heteroatoms. The maximum Gasteiger partial charge on any atom is 0.315 e. The monoisotopic (exact) mass is 337 g/mol. The van der Waals surface area contributed by atoms with Crippen LogP contribution in [0.2, 0.25) is 0 Å². The molecule has 1 aromatic heterocycles. The molecule has 0 unspecified atom stereocenters. The molecule has 0 aliphatic heterocycles. The van der Waals surface area contributed by atoms with Gasteiger partial charge in [0.2, 0.25) is 0 Å². The first-order valence-corrected chi connectivity index (χ1v) is 9.59. The summed E-state index contributed by atoms with van der Waals surface area (Å²) in [6, 6.07) is 0.00698. The van der Waals surface area contributed by atoms with Gasteiger partial charge in [-0.3, -0.25) is 0 Å². The maximum atomic E-state index is 12.5. The van der Waals surface area contributed by atoms with Crippen LogP contribution in [0.3, 0.4) is 0 Å². The number of urea groups is 1. The zero-order chi connectivity index (χ0) is 16.2. The van der Waals surface area contributed by atoms with Gasteiger partial charge < -0.3 is 15.7 Å². The van der Waals surface area contributed by atoms with Gasteiger partial charge in [-0.05, 0) is 38.5 Å². The highest BCUT2D eigenvalue weighted by Gasteiger charge is 2.36. The van der Waals surface area contributed by atoms with E-state index in [1.807, 2.05) is 13.1 Å². The Morgan fingerprint density at radius 3 is 2.78 bits per heavy atom. The van der Waals surface area contributed by atoms with Gasteiger partial charge in [-0.1, -0.05) is 19.3 Å². The van der Waals surface area contributed by atoms with E-state index < -0.39 is 0 Å². The third-order valence-electron chi connectivity index (χ3n) is 5.00. The number of aromatic nitrogens is 1. The molecule has 0 bridgehead atoms. The van der Waals surface area contributed by atoms with E-state index >= 15 is 0 Å². The molecule has 2 aliphatic rings. The molecule has 3 atom stereocenters. The Hall–Kier alpha value is -1.14. The summed E-state index contributed by atoms with van der Waals surface area (Å²) in [7, 11) is 0. The first-order chi connectivity index (χ1) is 11.2. The van der Waals surface area contributed by atoms with E-state index in [2.05, 4.69) is 15.6 Å². The third-order valence-corrected chi connectivity index (χ3v) is 5.99. The zero-order valence-electron chi connectivity index (χ0n) is 13.8. The smallest absolute Gasteiger partial charge is 0.315 e. The Bertz CT molecular complexity index is 530. The number of aryl methyl sites for hydroxylation is 1. The highest BCUT2D eigenvalue weighted by Crippen LogP contribution is 2.42. The Labute approximate surface area is 141 Å². The Kier molecular flexibility index (Phi) is 5.54. The van der Waals surface area contributed by atoms with Gasteiger partial charge in [-0.25, -0.2) is 9.78 Å². The zero-order valence-corrected chi connectivity index (χ0v) is 14.6. The van der Waals surface area contributed by atoms with E-state index in [-0.39, 0.29) is 30.6 Å². The summed E-state index contributed by atoms with van der Waals surface area (Å²) in [5.41, 5.74) is 0. The number of hydrogen-bond donors (Lipinski definition) is 3. The Morgan fingerprint density at radius 1 is 1.35 bits per heavy atom. The van der Waals surface area contributed by atoms with E-state index in [1.54, 1.807) is 11.3 Å². The van der Waals surface area contributed by atoms with Crippen LogP contribution in [0.4, 0.5) is 4.79 Å². The molecule has 2 aliphatic carbocycles. The second-order valence-electron chi connectivity index (χ2n) is 6.93. The predicted molar refractivity (Wildman–Crippen MR) is 91.4 cm³/mol. The third kappa shape index (κ3) is 4.44. The minimum atomic E-state index is -0.111. The lowest BCUT2D eigenvalue weighted by Gasteiger charge is -2.26. The Balaban J connectivity index is 1.60. The SMILES string of the molecule is Cc1cnc([C@H](NC(=O)N[C@H]2CCCCC[C@@H]2CO)C2CC2)s1. The summed E-state index contributed by atoms with van der Waals surface area (Å²) in [5, 5.41) is 16.8. The van der Waals surface area contributed by atoms with Gasteiger partial charge in [0.15, 0.2) is 0 Å². The van der Waals surface area contributed by atoms with Gasteiger partial charge in [-0.15, -0.1) is 11.3 Å². The van der Waals surface area contributed by atoms with Crippen molar-refractivity contribution in [2.45, 2.75) is 64.0 Å². The van der Waals surface area contributed by atoms with Crippen LogP contribution in [0.25, 0.3) is 0 Å². The van der Waals surface area contributed by atoms with Gasteiger partial charge in [-0.2, -0.15) is 0 Å². The lowest BCUT2D eigenvalue weighted by molar-refractivity contribution is 0.178. The standard InChI is InChI=1S/C17H27N3O2S/c1-11-9-18-16(23-11)15(12-7-8-12)20-17(22)19-14-6-4-2-3-5-13(14)10-21/h9,12-15,21H,2-8,10H2,1H3,(H2,19,20,22)/t13-,14+,15-/m1/s1. The van der Waals surface area contributed by atoms with E-state index in [4.69, 9.17) is 0 Å². The van der Waals surface area contributed by atoms with E-state index in [1.165, 1.54) is 11.3 Å². The van der Waals surface area contributed by atoms with Crippen LogP contribution in [0, 0.1) is 18.8 Å². The number of aliphatic hydroxyl groups is 1. The number of hydrogen-bond acceptors (Lipinski definition) is 4. The average Bonchev–Trinajstić information content (AvgIpc) is 3.31. The second kappa shape index (κ2) is 7.62. The molecular weight excluding hydrogens is 310 g/mol. The Morgan fingerprint density at radius 2 is 2.13 bits per heavy atom. The van der Waals surface area contributed by atoms with E-state index in [9.17, 15) is 9.90 Å².